The lowest BCUT2D eigenvalue weighted by Crippen LogP contribution is -2.79. The summed E-state index contributed by atoms with van der Waals surface area (Å²) in [5, 5.41) is 0. The second-order valence-corrected chi connectivity index (χ2v) is 10.2. The molecule has 6 fully saturated rings. The van der Waals surface area contributed by atoms with E-state index in [0.717, 1.165) is 117 Å². The molecule has 0 N–H and O–H groups in total. The predicted octanol–water partition coefficient (Wildman–Crippen LogP) is 3.54. The Kier molecular flexibility index (Phi) is 5.21. The molecule has 0 amide bonds. The zero-order chi connectivity index (χ0) is 20.1. The highest BCUT2D eigenvalue weighted by atomic mass is 16.6. The first-order chi connectivity index (χ1) is 14.8. The summed E-state index contributed by atoms with van der Waals surface area (Å²) in [6, 6.07) is 0. The van der Waals surface area contributed by atoms with Gasteiger partial charge in [-0.05, 0) is 77.0 Å². The van der Waals surface area contributed by atoms with Gasteiger partial charge in [-0.2, -0.15) is 0 Å². The molecule has 6 heterocycles. The third-order valence-corrected chi connectivity index (χ3v) is 9.07. The van der Waals surface area contributed by atoms with Crippen LogP contribution in [0.3, 0.4) is 0 Å². The molecule has 0 aliphatic carbocycles. The standard InChI is InChI=1S/C24H38O6/c1-7-19(25-13-1)21(9-3-15-27-21)23(11-5-17-29-23)24(12-6-18-30-24)22(10-4-16-28-22)20-8-2-14-26-20/h19-20H,1-18H2/t19-,20-,21+,22+,23-,24-/m0/s1. The Labute approximate surface area is 180 Å². The molecule has 6 nitrogen and oxygen atoms in total. The van der Waals surface area contributed by atoms with Gasteiger partial charge in [0.2, 0.25) is 0 Å². The van der Waals surface area contributed by atoms with Gasteiger partial charge in [-0.15, -0.1) is 0 Å². The van der Waals surface area contributed by atoms with Crippen LogP contribution in [0.1, 0.15) is 77.0 Å². The second kappa shape index (κ2) is 7.67. The largest absolute Gasteiger partial charge is 0.375 e. The van der Waals surface area contributed by atoms with E-state index in [2.05, 4.69) is 0 Å². The monoisotopic (exact) mass is 422 g/mol. The number of hydrogen-bond acceptors (Lipinski definition) is 6. The molecule has 0 aromatic rings. The zero-order valence-corrected chi connectivity index (χ0v) is 18.3. The first-order valence-electron chi connectivity index (χ1n) is 12.6. The molecule has 0 unspecified atom stereocenters. The molecule has 6 heteroatoms. The minimum Gasteiger partial charge on any atom is -0.375 e. The summed E-state index contributed by atoms with van der Waals surface area (Å²) in [5.74, 6) is 0. The molecule has 6 atom stereocenters. The van der Waals surface area contributed by atoms with Crippen LogP contribution >= 0.6 is 0 Å². The minimum atomic E-state index is -0.529. The number of ether oxygens (including phenoxy) is 6. The van der Waals surface area contributed by atoms with Crippen LogP contribution in [-0.2, 0) is 28.4 Å². The fourth-order valence-electron chi connectivity index (χ4n) is 8.15. The molecule has 6 saturated heterocycles. The van der Waals surface area contributed by atoms with Gasteiger partial charge in [0.05, 0.1) is 12.2 Å². The topological polar surface area (TPSA) is 55.4 Å². The lowest BCUT2D eigenvalue weighted by Gasteiger charge is -2.61. The predicted molar refractivity (Wildman–Crippen MR) is 110 cm³/mol. The summed E-state index contributed by atoms with van der Waals surface area (Å²) >= 11 is 0. The highest BCUT2D eigenvalue weighted by Crippen LogP contribution is 2.64. The van der Waals surface area contributed by atoms with Gasteiger partial charge in [0, 0.05) is 39.6 Å². The van der Waals surface area contributed by atoms with Crippen LogP contribution in [0.25, 0.3) is 0 Å². The summed E-state index contributed by atoms with van der Waals surface area (Å²) in [4.78, 5) is 0. The van der Waals surface area contributed by atoms with Crippen LogP contribution in [0, 0.1) is 0 Å². The van der Waals surface area contributed by atoms with Gasteiger partial charge in [0.15, 0.2) is 0 Å². The maximum absolute atomic E-state index is 6.96. The van der Waals surface area contributed by atoms with E-state index in [1.54, 1.807) is 0 Å². The molecule has 0 aromatic heterocycles. The summed E-state index contributed by atoms with van der Waals surface area (Å²) in [5.41, 5.74) is -1.94. The lowest BCUT2D eigenvalue weighted by atomic mass is 9.56. The van der Waals surface area contributed by atoms with Crippen LogP contribution in [0.2, 0.25) is 0 Å². The molecule has 170 valence electrons. The van der Waals surface area contributed by atoms with Crippen molar-refractivity contribution in [1.82, 2.24) is 0 Å². The average Bonchev–Trinajstić information content (AvgIpc) is 3.64. The molecule has 0 spiro atoms. The molecule has 0 aromatic carbocycles. The Hall–Kier alpha value is -0.240. The van der Waals surface area contributed by atoms with Crippen LogP contribution in [0.5, 0.6) is 0 Å². The second-order valence-electron chi connectivity index (χ2n) is 10.2. The smallest absolute Gasteiger partial charge is 0.131 e. The van der Waals surface area contributed by atoms with Crippen LogP contribution in [0.4, 0.5) is 0 Å². The SMILES string of the molecule is C1CO[C@H]([C@@]2([C@]3([C@@]4([C@]5([C@@H]6CCCO6)CCCO5)CCCO4)CCCO3)CCCO2)C1. The van der Waals surface area contributed by atoms with Crippen molar-refractivity contribution in [2.24, 2.45) is 0 Å². The molecule has 6 rings (SSSR count). The van der Waals surface area contributed by atoms with Gasteiger partial charge < -0.3 is 28.4 Å². The minimum absolute atomic E-state index is 0.0853. The van der Waals surface area contributed by atoms with Crippen molar-refractivity contribution >= 4 is 0 Å². The van der Waals surface area contributed by atoms with E-state index >= 15 is 0 Å². The Bertz CT molecular complexity index is 545. The van der Waals surface area contributed by atoms with Gasteiger partial charge in [0.1, 0.15) is 22.4 Å². The fraction of sp³-hybridized carbons (Fsp3) is 1.00. The van der Waals surface area contributed by atoms with Crippen molar-refractivity contribution in [1.29, 1.82) is 0 Å². The van der Waals surface area contributed by atoms with Gasteiger partial charge in [-0.25, -0.2) is 0 Å². The van der Waals surface area contributed by atoms with Crippen molar-refractivity contribution < 1.29 is 28.4 Å². The Morgan fingerprint density at radius 1 is 0.433 bits per heavy atom. The van der Waals surface area contributed by atoms with Crippen LogP contribution < -0.4 is 0 Å². The van der Waals surface area contributed by atoms with Crippen LogP contribution in [0.15, 0.2) is 0 Å². The maximum Gasteiger partial charge on any atom is 0.131 e. The van der Waals surface area contributed by atoms with E-state index in [9.17, 15) is 0 Å². The highest BCUT2D eigenvalue weighted by molar-refractivity contribution is 5.28. The summed E-state index contributed by atoms with van der Waals surface area (Å²) in [7, 11) is 0. The van der Waals surface area contributed by atoms with E-state index in [1.807, 2.05) is 0 Å². The lowest BCUT2D eigenvalue weighted by molar-refractivity contribution is -0.335. The molecule has 0 bridgehead atoms. The van der Waals surface area contributed by atoms with Crippen LogP contribution in [-0.4, -0.2) is 74.3 Å². The van der Waals surface area contributed by atoms with Gasteiger partial charge in [-0.1, -0.05) is 0 Å². The zero-order valence-electron chi connectivity index (χ0n) is 18.3. The van der Waals surface area contributed by atoms with Gasteiger partial charge in [-0.3, -0.25) is 0 Å². The Balaban J connectivity index is 1.52. The summed E-state index contributed by atoms with van der Waals surface area (Å²) in [6.07, 6.45) is 12.6. The molecular weight excluding hydrogens is 384 g/mol. The molecule has 6 aliphatic heterocycles. The molecule has 0 saturated carbocycles. The van der Waals surface area contributed by atoms with Crippen molar-refractivity contribution in [3.8, 4) is 0 Å². The van der Waals surface area contributed by atoms with Crippen molar-refractivity contribution in [3.63, 3.8) is 0 Å². The number of rotatable bonds is 5. The molecular formula is C24H38O6. The summed E-state index contributed by atoms with van der Waals surface area (Å²) < 4.78 is 40.2. The van der Waals surface area contributed by atoms with Crippen molar-refractivity contribution in [2.75, 3.05) is 39.6 Å². The van der Waals surface area contributed by atoms with Crippen molar-refractivity contribution in [2.45, 2.75) is 112 Å². The molecule has 6 aliphatic rings. The third kappa shape index (κ3) is 2.52. The summed E-state index contributed by atoms with van der Waals surface area (Å²) in [6.45, 7) is 4.76. The Morgan fingerprint density at radius 3 is 1.17 bits per heavy atom. The first-order valence-corrected chi connectivity index (χ1v) is 12.6. The average molecular weight is 423 g/mol. The van der Waals surface area contributed by atoms with Gasteiger partial charge in [0.25, 0.3) is 0 Å². The van der Waals surface area contributed by atoms with E-state index in [4.69, 9.17) is 28.4 Å². The fourth-order valence-corrected chi connectivity index (χ4v) is 8.15. The quantitative estimate of drug-likeness (QED) is 0.676. The van der Waals surface area contributed by atoms with E-state index in [0.29, 0.717) is 0 Å². The van der Waals surface area contributed by atoms with E-state index in [-0.39, 0.29) is 12.2 Å². The maximum atomic E-state index is 6.96. The van der Waals surface area contributed by atoms with E-state index < -0.39 is 22.4 Å². The van der Waals surface area contributed by atoms with Gasteiger partial charge >= 0.3 is 0 Å². The third-order valence-electron chi connectivity index (χ3n) is 9.07. The first kappa shape index (κ1) is 20.4. The van der Waals surface area contributed by atoms with E-state index in [1.165, 1.54) is 0 Å². The molecule has 0 radical (unpaired) electrons. The van der Waals surface area contributed by atoms with Crippen molar-refractivity contribution in [3.05, 3.63) is 0 Å². The highest BCUT2D eigenvalue weighted by Gasteiger charge is 2.78. The number of hydrogen-bond donors (Lipinski definition) is 0. The molecule has 30 heavy (non-hydrogen) atoms. The normalized spacial score (nSPS) is 52.0. The Morgan fingerprint density at radius 2 is 0.867 bits per heavy atom.